The van der Waals surface area contributed by atoms with Crippen LogP contribution in [-0.2, 0) is 12.8 Å². The molecule has 0 radical (unpaired) electrons. The lowest BCUT2D eigenvalue weighted by Crippen LogP contribution is -2.34. The summed E-state index contributed by atoms with van der Waals surface area (Å²) in [5, 5.41) is 18.0. The van der Waals surface area contributed by atoms with Crippen molar-refractivity contribution < 1.29 is 0 Å². The number of nitrogens with zero attached hydrogens (tertiary/aromatic N) is 5. The van der Waals surface area contributed by atoms with Crippen LogP contribution < -0.4 is 9.91 Å². The lowest BCUT2D eigenvalue weighted by atomic mass is 9.90. The Morgan fingerprint density at radius 2 is 1.58 bits per heavy atom. The number of aromatic amines is 1. The van der Waals surface area contributed by atoms with Gasteiger partial charge in [0.2, 0.25) is 0 Å². The highest BCUT2D eigenvalue weighted by atomic mass is 15.5. The minimum atomic E-state index is 0.826. The molecule has 0 atom stereocenters. The molecule has 3 aromatic carbocycles. The van der Waals surface area contributed by atoms with E-state index in [0.29, 0.717) is 0 Å². The summed E-state index contributed by atoms with van der Waals surface area (Å²) < 4.78 is 0. The summed E-state index contributed by atoms with van der Waals surface area (Å²) in [7, 11) is 0. The van der Waals surface area contributed by atoms with E-state index in [4.69, 9.17) is 5.10 Å². The smallest absolute Gasteiger partial charge is 0.115 e. The van der Waals surface area contributed by atoms with Gasteiger partial charge in [0.05, 0.1) is 17.6 Å². The zero-order valence-electron chi connectivity index (χ0n) is 17.3. The fourth-order valence-electron chi connectivity index (χ4n) is 4.84. The van der Waals surface area contributed by atoms with Crippen molar-refractivity contribution >= 4 is 34.3 Å². The maximum Gasteiger partial charge on any atom is 0.115 e. The highest BCUT2D eigenvalue weighted by Gasteiger charge is 2.24. The van der Waals surface area contributed by atoms with Crippen molar-refractivity contribution in [3.05, 3.63) is 77.4 Å². The number of fused-ring (bicyclic) bond motifs is 1. The molecule has 0 saturated carbocycles. The van der Waals surface area contributed by atoms with E-state index in [2.05, 4.69) is 44.6 Å². The largest absolute Gasteiger partial charge is 0.371 e. The molecular weight excluding hydrogens is 384 g/mol. The van der Waals surface area contributed by atoms with Gasteiger partial charge in [-0.3, -0.25) is 0 Å². The van der Waals surface area contributed by atoms with Crippen molar-refractivity contribution in [3.8, 4) is 0 Å². The van der Waals surface area contributed by atoms with Crippen LogP contribution in [0.5, 0.6) is 0 Å². The molecule has 4 aromatic rings. The van der Waals surface area contributed by atoms with E-state index >= 15 is 0 Å². The summed E-state index contributed by atoms with van der Waals surface area (Å²) in [6, 6.07) is 20.9. The number of para-hydroxylation sites is 1. The number of hydrazone groups is 1. The van der Waals surface area contributed by atoms with Gasteiger partial charge < -0.3 is 4.90 Å². The first kappa shape index (κ1) is 18.1. The Kier molecular flexibility index (Phi) is 4.41. The number of aromatic nitrogens is 3. The van der Waals surface area contributed by atoms with Crippen LogP contribution >= 0.6 is 0 Å². The van der Waals surface area contributed by atoms with Crippen molar-refractivity contribution in [3.63, 3.8) is 0 Å². The van der Waals surface area contributed by atoms with E-state index in [0.717, 1.165) is 35.2 Å². The summed E-state index contributed by atoms with van der Waals surface area (Å²) >= 11 is 0. The average Bonchev–Trinajstić information content (AvgIpc) is 3.28. The number of aryl methyl sites for hydroxylation is 2. The Labute approximate surface area is 181 Å². The summed E-state index contributed by atoms with van der Waals surface area (Å²) in [6.07, 6.45) is 6.78. The summed E-state index contributed by atoms with van der Waals surface area (Å²) in [4.78, 5) is 2.57. The van der Waals surface area contributed by atoms with Gasteiger partial charge in [0.25, 0.3) is 0 Å². The number of rotatable bonds is 4. The van der Waals surface area contributed by atoms with E-state index in [1.807, 2.05) is 47.6 Å². The van der Waals surface area contributed by atoms with Gasteiger partial charge in [0, 0.05) is 18.8 Å². The topological polar surface area (TPSA) is 60.4 Å². The molecular formula is C25H24N6. The van der Waals surface area contributed by atoms with Crippen LogP contribution in [-0.4, -0.2) is 34.7 Å². The van der Waals surface area contributed by atoms with Gasteiger partial charge in [-0.25, -0.2) is 5.01 Å². The van der Waals surface area contributed by atoms with Gasteiger partial charge in [0.15, 0.2) is 0 Å². The second kappa shape index (κ2) is 7.54. The van der Waals surface area contributed by atoms with E-state index in [1.54, 1.807) is 0 Å². The summed E-state index contributed by atoms with van der Waals surface area (Å²) in [5.74, 6) is 0. The Bertz CT molecular complexity index is 1230. The van der Waals surface area contributed by atoms with E-state index in [1.165, 1.54) is 48.3 Å². The number of nitrogens with one attached hydrogen (secondary N) is 1. The minimum absolute atomic E-state index is 0.826. The zero-order chi connectivity index (χ0) is 20.6. The highest BCUT2D eigenvalue weighted by molar-refractivity contribution is 5.86. The van der Waals surface area contributed by atoms with Crippen molar-refractivity contribution in [2.45, 2.75) is 25.7 Å². The Morgan fingerprint density at radius 3 is 2.35 bits per heavy atom. The quantitative estimate of drug-likeness (QED) is 0.388. The Morgan fingerprint density at radius 1 is 0.839 bits per heavy atom. The normalized spacial score (nSPS) is 15.4. The molecule has 0 fully saturated rings. The molecule has 0 aliphatic carbocycles. The van der Waals surface area contributed by atoms with E-state index in [9.17, 15) is 0 Å². The zero-order valence-corrected chi connectivity index (χ0v) is 17.3. The van der Waals surface area contributed by atoms with Gasteiger partial charge in [-0.05, 0) is 84.8 Å². The summed E-state index contributed by atoms with van der Waals surface area (Å²) in [6.45, 7) is 2.39. The molecule has 2 aliphatic heterocycles. The fourth-order valence-corrected chi connectivity index (χ4v) is 4.84. The number of H-pyrrole nitrogens is 1. The third-order valence-electron chi connectivity index (χ3n) is 6.22. The molecule has 3 heterocycles. The number of hydrogen-bond acceptors (Lipinski definition) is 5. The van der Waals surface area contributed by atoms with Crippen LogP contribution in [0.4, 0.5) is 17.1 Å². The number of benzene rings is 3. The van der Waals surface area contributed by atoms with Crippen LogP contribution in [0.15, 0.2) is 65.8 Å². The van der Waals surface area contributed by atoms with E-state index < -0.39 is 0 Å². The van der Waals surface area contributed by atoms with Gasteiger partial charge in [-0.1, -0.05) is 18.2 Å². The molecule has 0 unspecified atom stereocenters. The predicted molar refractivity (Wildman–Crippen MR) is 125 cm³/mol. The maximum absolute atomic E-state index is 4.92. The van der Waals surface area contributed by atoms with Crippen LogP contribution in [0.25, 0.3) is 11.0 Å². The molecule has 6 heteroatoms. The third-order valence-corrected chi connectivity index (χ3v) is 6.22. The molecule has 1 N–H and O–H groups in total. The summed E-state index contributed by atoms with van der Waals surface area (Å²) in [5.41, 5.74) is 9.24. The highest BCUT2D eigenvalue weighted by Crippen LogP contribution is 2.36. The molecule has 6 rings (SSSR count). The van der Waals surface area contributed by atoms with Crippen molar-refractivity contribution in [1.29, 1.82) is 0 Å². The van der Waals surface area contributed by atoms with Gasteiger partial charge >= 0.3 is 0 Å². The average molecular weight is 409 g/mol. The van der Waals surface area contributed by atoms with Gasteiger partial charge in [0.1, 0.15) is 11.0 Å². The van der Waals surface area contributed by atoms with Crippen molar-refractivity contribution in [2.24, 2.45) is 5.10 Å². The fraction of sp³-hybridized carbons (Fsp3) is 0.240. The van der Waals surface area contributed by atoms with Crippen LogP contribution in [0.3, 0.4) is 0 Å². The monoisotopic (exact) mass is 408 g/mol. The van der Waals surface area contributed by atoms with Crippen molar-refractivity contribution in [1.82, 2.24) is 15.4 Å². The van der Waals surface area contributed by atoms with Crippen LogP contribution in [0.2, 0.25) is 0 Å². The minimum Gasteiger partial charge on any atom is -0.371 e. The maximum atomic E-state index is 4.92. The molecule has 0 amide bonds. The third kappa shape index (κ3) is 3.34. The molecule has 31 heavy (non-hydrogen) atoms. The standard InChI is InChI=1S/C25H24N6/c1-2-8-21(9-3-1)31(22-10-11-23-24(16-22)28-29-27-23)26-17-18-14-19-6-4-12-30-13-5-7-20(15-18)25(19)30/h1-3,8-11,14-17H,4-7,12-13H2,(H,27,28,29)/b26-17+. The predicted octanol–water partition coefficient (Wildman–Crippen LogP) is 4.83. The molecule has 2 aliphatic rings. The number of anilines is 3. The first-order valence-electron chi connectivity index (χ1n) is 11.0. The Hall–Kier alpha value is -3.67. The SMILES string of the molecule is C(=N\N(c1ccccc1)c1ccc2n[nH]nc2c1)/c1cc2c3c(c1)CCCN3CCC2. The first-order chi connectivity index (χ1) is 15.3. The molecule has 1 aromatic heterocycles. The molecule has 154 valence electrons. The molecule has 0 saturated heterocycles. The van der Waals surface area contributed by atoms with Gasteiger partial charge in [-0.15, -0.1) is 0 Å². The first-order valence-corrected chi connectivity index (χ1v) is 11.0. The van der Waals surface area contributed by atoms with Crippen LogP contribution in [0.1, 0.15) is 29.5 Å². The number of hydrogen-bond donors (Lipinski definition) is 1. The molecule has 6 nitrogen and oxygen atoms in total. The van der Waals surface area contributed by atoms with Crippen molar-refractivity contribution in [2.75, 3.05) is 23.0 Å². The van der Waals surface area contributed by atoms with Crippen LogP contribution in [0, 0.1) is 0 Å². The lowest BCUT2D eigenvalue weighted by Gasteiger charge is -2.37. The Balaban J connectivity index is 1.40. The van der Waals surface area contributed by atoms with Gasteiger partial charge in [-0.2, -0.15) is 20.5 Å². The molecule has 0 bridgehead atoms. The lowest BCUT2D eigenvalue weighted by molar-refractivity contribution is 0.634. The van der Waals surface area contributed by atoms with E-state index in [-0.39, 0.29) is 0 Å². The molecule has 0 spiro atoms. The second-order valence-corrected chi connectivity index (χ2v) is 8.27. The second-order valence-electron chi connectivity index (χ2n) is 8.27.